The number of rotatable bonds is 1. The van der Waals surface area contributed by atoms with E-state index in [2.05, 4.69) is 10.9 Å². The Bertz CT molecular complexity index is 130. The zero-order valence-corrected chi connectivity index (χ0v) is 6.60. The molecule has 1 unspecified atom stereocenters. The van der Waals surface area contributed by atoms with E-state index in [9.17, 15) is 4.79 Å². The van der Waals surface area contributed by atoms with E-state index in [1.807, 2.05) is 0 Å². The number of primary amides is 1. The normalized spacial score (nSPS) is 27.1. The Hall–Kier alpha value is -0.610. The van der Waals surface area contributed by atoms with Crippen LogP contribution in [0.5, 0.6) is 0 Å². The minimum atomic E-state index is -0.159. The van der Waals surface area contributed by atoms with Gasteiger partial charge < -0.3 is 5.73 Å². The molecule has 1 rings (SSSR count). The molecule has 0 bridgehead atoms. The molecule has 4 nitrogen and oxygen atoms in total. The van der Waals surface area contributed by atoms with Crippen LogP contribution < -0.4 is 16.6 Å². The molecule has 4 heteroatoms. The quantitative estimate of drug-likeness (QED) is 0.474. The Morgan fingerprint density at radius 3 is 2.73 bits per heavy atom. The summed E-state index contributed by atoms with van der Waals surface area (Å²) in [6.07, 6.45) is 2.78. The maximum absolute atomic E-state index is 10.8. The number of nitrogens with one attached hydrogen (secondary N) is 2. The van der Waals surface area contributed by atoms with E-state index in [0.717, 1.165) is 32.4 Å². The van der Waals surface area contributed by atoms with Crippen molar-refractivity contribution in [3.05, 3.63) is 0 Å². The van der Waals surface area contributed by atoms with E-state index in [4.69, 9.17) is 5.73 Å². The zero-order chi connectivity index (χ0) is 8.10. The number of hydrogen-bond donors (Lipinski definition) is 3. The summed E-state index contributed by atoms with van der Waals surface area (Å²) in [5.41, 5.74) is 11.3. The molecule has 1 amide bonds. The van der Waals surface area contributed by atoms with Crippen LogP contribution >= 0.6 is 0 Å². The molecule has 0 spiro atoms. The lowest BCUT2D eigenvalue weighted by Gasteiger charge is -2.17. The molecule has 1 fully saturated rings. The lowest BCUT2D eigenvalue weighted by Crippen LogP contribution is -2.38. The van der Waals surface area contributed by atoms with Gasteiger partial charge in [-0.15, -0.1) is 0 Å². The van der Waals surface area contributed by atoms with Crippen molar-refractivity contribution in [2.24, 2.45) is 11.7 Å². The summed E-state index contributed by atoms with van der Waals surface area (Å²) in [4.78, 5) is 10.8. The standard InChI is InChI=1S/C7H15N3O/c8-7(11)6-2-1-4-9-10-5-3-6/h6,9-10H,1-5H2,(H2,8,11). The number of carbonyl (C=O) groups excluding carboxylic acids is 1. The number of hydrogen-bond acceptors (Lipinski definition) is 3. The number of amides is 1. The molecule has 1 saturated heterocycles. The third-order valence-corrected chi connectivity index (χ3v) is 2.00. The maximum Gasteiger partial charge on any atom is 0.220 e. The van der Waals surface area contributed by atoms with Crippen LogP contribution in [0, 0.1) is 5.92 Å². The van der Waals surface area contributed by atoms with E-state index < -0.39 is 0 Å². The first-order valence-electron chi connectivity index (χ1n) is 4.06. The predicted octanol–water partition coefficient (Wildman–Crippen LogP) is -0.634. The molecule has 0 aromatic heterocycles. The highest BCUT2D eigenvalue weighted by Gasteiger charge is 2.15. The molecular weight excluding hydrogens is 142 g/mol. The van der Waals surface area contributed by atoms with Crippen molar-refractivity contribution >= 4 is 5.91 Å². The summed E-state index contributed by atoms with van der Waals surface area (Å²) in [5, 5.41) is 0. The largest absolute Gasteiger partial charge is 0.369 e. The van der Waals surface area contributed by atoms with E-state index in [1.165, 1.54) is 0 Å². The van der Waals surface area contributed by atoms with Crippen LogP contribution in [0.3, 0.4) is 0 Å². The smallest absolute Gasteiger partial charge is 0.220 e. The van der Waals surface area contributed by atoms with Crippen LogP contribution in [0.4, 0.5) is 0 Å². The maximum atomic E-state index is 10.8. The summed E-state index contributed by atoms with van der Waals surface area (Å²) in [6, 6.07) is 0. The van der Waals surface area contributed by atoms with Crippen LogP contribution in [0.2, 0.25) is 0 Å². The topological polar surface area (TPSA) is 67.2 Å². The van der Waals surface area contributed by atoms with Gasteiger partial charge in [-0.05, 0) is 19.3 Å². The second-order valence-electron chi connectivity index (χ2n) is 2.88. The van der Waals surface area contributed by atoms with Crippen LogP contribution in [0.25, 0.3) is 0 Å². The van der Waals surface area contributed by atoms with Gasteiger partial charge in [0.1, 0.15) is 0 Å². The number of hydrazine groups is 1. The van der Waals surface area contributed by atoms with Gasteiger partial charge in [-0.3, -0.25) is 15.6 Å². The summed E-state index contributed by atoms with van der Waals surface area (Å²) in [7, 11) is 0. The molecule has 1 heterocycles. The van der Waals surface area contributed by atoms with Crippen LogP contribution in [0.1, 0.15) is 19.3 Å². The van der Waals surface area contributed by atoms with Crippen molar-refractivity contribution in [2.45, 2.75) is 19.3 Å². The summed E-state index contributed by atoms with van der Waals surface area (Å²) < 4.78 is 0. The molecule has 64 valence electrons. The lowest BCUT2D eigenvalue weighted by molar-refractivity contribution is -0.122. The lowest BCUT2D eigenvalue weighted by atomic mass is 9.98. The zero-order valence-electron chi connectivity index (χ0n) is 6.60. The van der Waals surface area contributed by atoms with Crippen molar-refractivity contribution in [2.75, 3.05) is 13.1 Å². The van der Waals surface area contributed by atoms with Gasteiger partial charge in [0, 0.05) is 19.0 Å². The van der Waals surface area contributed by atoms with E-state index in [0.29, 0.717) is 0 Å². The minimum absolute atomic E-state index is 0.0737. The molecule has 0 aromatic carbocycles. The van der Waals surface area contributed by atoms with Crippen molar-refractivity contribution in [3.8, 4) is 0 Å². The summed E-state index contributed by atoms with van der Waals surface area (Å²) >= 11 is 0. The average molecular weight is 157 g/mol. The molecule has 1 aliphatic heterocycles. The minimum Gasteiger partial charge on any atom is -0.369 e. The van der Waals surface area contributed by atoms with Gasteiger partial charge >= 0.3 is 0 Å². The second-order valence-corrected chi connectivity index (χ2v) is 2.88. The first-order valence-corrected chi connectivity index (χ1v) is 4.06. The van der Waals surface area contributed by atoms with Gasteiger partial charge in [-0.25, -0.2) is 0 Å². The van der Waals surface area contributed by atoms with Crippen molar-refractivity contribution in [1.82, 2.24) is 10.9 Å². The van der Waals surface area contributed by atoms with Crippen LogP contribution in [-0.2, 0) is 4.79 Å². The van der Waals surface area contributed by atoms with Gasteiger partial charge in [0.2, 0.25) is 5.91 Å². The van der Waals surface area contributed by atoms with E-state index in [-0.39, 0.29) is 11.8 Å². The number of nitrogens with two attached hydrogens (primary N) is 1. The predicted molar refractivity (Wildman–Crippen MR) is 42.5 cm³/mol. The first-order chi connectivity index (χ1) is 5.30. The molecule has 11 heavy (non-hydrogen) atoms. The average Bonchev–Trinajstić information content (AvgIpc) is 1.84. The van der Waals surface area contributed by atoms with E-state index >= 15 is 0 Å². The summed E-state index contributed by atoms with van der Waals surface area (Å²) in [5.74, 6) is -0.0849. The first kappa shape index (κ1) is 8.49. The third-order valence-electron chi connectivity index (χ3n) is 2.00. The Morgan fingerprint density at radius 2 is 2.00 bits per heavy atom. The summed E-state index contributed by atoms with van der Waals surface area (Å²) in [6.45, 7) is 1.75. The van der Waals surface area contributed by atoms with Gasteiger partial charge in [0.05, 0.1) is 0 Å². The monoisotopic (exact) mass is 157 g/mol. The van der Waals surface area contributed by atoms with Gasteiger partial charge in [0.25, 0.3) is 0 Å². The third kappa shape index (κ3) is 2.86. The van der Waals surface area contributed by atoms with Crippen molar-refractivity contribution in [1.29, 1.82) is 0 Å². The molecule has 0 saturated carbocycles. The van der Waals surface area contributed by atoms with Crippen LogP contribution in [-0.4, -0.2) is 19.0 Å². The van der Waals surface area contributed by atoms with Gasteiger partial charge in [0.15, 0.2) is 0 Å². The second kappa shape index (κ2) is 4.31. The molecule has 1 atom stereocenters. The number of carbonyl (C=O) groups is 1. The van der Waals surface area contributed by atoms with Gasteiger partial charge in [-0.1, -0.05) is 0 Å². The van der Waals surface area contributed by atoms with Crippen molar-refractivity contribution < 1.29 is 4.79 Å². The Labute approximate surface area is 66.5 Å². The van der Waals surface area contributed by atoms with Crippen molar-refractivity contribution in [3.63, 3.8) is 0 Å². The highest BCUT2D eigenvalue weighted by molar-refractivity contribution is 5.76. The Morgan fingerprint density at radius 1 is 1.27 bits per heavy atom. The molecule has 0 aliphatic carbocycles. The Balaban J connectivity index is 2.32. The highest BCUT2D eigenvalue weighted by atomic mass is 16.1. The SMILES string of the molecule is NC(=O)C1CCCNNCC1. The molecule has 4 N–H and O–H groups in total. The molecular formula is C7H15N3O. The van der Waals surface area contributed by atoms with E-state index in [1.54, 1.807) is 0 Å². The molecule has 1 aliphatic rings. The van der Waals surface area contributed by atoms with Gasteiger partial charge in [-0.2, -0.15) is 0 Å². The fourth-order valence-electron chi connectivity index (χ4n) is 1.29. The molecule has 0 aromatic rings. The highest BCUT2D eigenvalue weighted by Crippen LogP contribution is 2.10. The fraction of sp³-hybridized carbons (Fsp3) is 0.857. The molecule has 0 radical (unpaired) electrons. The fourth-order valence-corrected chi connectivity index (χ4v) is 1.29. The Kier molecular flexibility index (Phi) is 3.32. The van der Waals surface area contributed by atoms with Crippen LogP contribution in [0.15, 0.2) is 0 Å².